The summed E-state index contributed by atoms with van der Waals surface area (Å²) in [6, 6.07) is 9.08. The normalized spacial score (nSPS) is 16.8. The van der Waals surface area contributed by atoms with Crippen LogP contribution in [0.1, 0.15) is 62.2 Å². The molecule has 1 aromatic heterocycles. The minimum atomic E-state index is -0.391. The number of phenolic OH excluding ortho intramolecular Hbond substituents is 1. The van der Waals surface area contributed by atoms with Crippen LogP contribution in [-0.2, 0) is 0 Å². The lowest BCUT2D eigenvalue weighted by Crippen LogP contribution is -2.46. The SMILES string of the molecule is CC.CCN(CC)C(=O)c1ccc(C2=CC3(CCN(C)CC3)Oc3cccc(O)c32)cn1. The molecule has 0 aliphatic carbocycles. The number of carbonyl (C=O) groups is 1. The van der Waals surface area contributed by atoms with Gasteiger partial charge in [0, 0.05) is 50.8 Å². The van der Waals surface area contributed by atoms with Gasteiger partial charge < -0.3 is 19.6 Å². The summed E-state index contributed by atoms with van der Waals surface area (Å²) in [5.41, 5.74) is 2.51. The zero-order chi connectivity index (χ0) is 23.3. The van der Waals surface area contributed by atoms with Crippen molar-refractivity contribution in [2.24, 2.45) is 0 Å². The third-order valence-electron chi connectivity index (χ3n) is 6.17. The topological polar surface area (TPSA) is 65.9 Å². The van der Waals surface area contributed by atoms with E-state index in [2.05, 4.69) is 23.0 Å². The van der Waals surface area contributed by atoms with Gasteiger partial charge in [0.2, 0.25) is 0 Å². The van der Waals surface area contributed by atoms with Crippen molar-refractivity contribution in [3.63, 3.8) is 0 Å². The van der Waals surface area contributed by atoms with E-state index in [4.69, 9.17) is 4.74 Å². The van der Waals surface area contributed by atoms with Crippen molar-refractivity contribution in [1.29, 1.82) is 0 Å². The Bertz CT molecular complexity index is 957. The number of likely N-dealkylation sites (tertiary alicyclic amines) is 1. The first-order valence-electron chi connectivity index (χ1n) is 11.6. The summed E-state index contributed by atoms with van der Waals surface area (Å²) < 4.78 is 6.42. The molecule has 0 saturated carbocycles. The average Bonchev–Trinajstić information content (AvgIpc) is 2.83. The summed E-state index contributed by atoms with van der Waals surface area (Å²) in [4.78, 5) is 21.1. The van der Waals surface area contributed by atoms with Crippen LogP contribution in [0.4, 0.5) is 0 Å². The van der Waals surface area contributed by atoms with E-state index in [-0.39, 0.29) is 11.7 Å². The van der Waals surface area contributed by atoms with Crippen LogP contribution in [0.3, 0.4) is 0 Å². The van der Waals surface area contributed by atoms with Crippen molar-refractivity contribution in [3.8, 4) is 11.5 Å². The molecule has 1 saturated heterocycles. The maximum Gasteiger partial charge on any atom is 0.272 e. The van der Waals surface area contributed by atoms with E-state index in [0.717, 1.165) is 37.1 Å². The molecule has 2 aliphatic heterocycles. The van der Waals surface area contributed by atoms with Gasteiger partial charge in [-0.2, -0.15) is 0 Å². The van der Waals surface area contributed by atoms with Crippen LogP contribution in [0, 0.1) is 0 Å². The van der Waals surface area contributed by atoms with Crippen molar-refractivity contribution in [3.05, 3.63) is 59.4 Å². The van der Waals surface area contributed by atoms with Gasteiger partial charge in [0.15, 0.2) is 0 Å². The number of amides is 1. The Kier molecular flexibility index (Phi) is 7.56. The van der Waals surface area contributed by atoms with Crippen molar-refractivity contribution in [2.45, 2.75) is 46.1 Å². The molecule has 1 N–H and O–H groups in total. The second kappa shape index (κ2) is 10.2. The van der Waals surface area contributed by atoms with Crippen LogP contribution in [0.5, 0.6) is 11.5 Å². The Hall–Kier alpha value is -2.86. The maximum atomic E-state index is 12.6. The number of hydrogen-bond acceptors (Lipinski definition) is 5. The molecule has 0 unspecified atom stereocenters. The predicted octanol–water partition coefficient (Wildman–Crippen LogP) is 4.58. The average molecular weight is 438 g/mol. The lowest BCUT2D eigenvalue weighted by molar-refractivity contribution is 0.0465. The molecule has 0 bridgehead atoms. The van der Waals surface area contributed by atoms with Crippen LogP contribution in [-0.4, -0.2) is 64.6 Å². The van der Waals surface area contributed by atoms with Gasteiger partial charge in [-0.3, -0.25) is 9.78 Å². The number of aromatic nitrogens is 1. The summed E-state index contributed by atoms with van der Waals surface area (Å²) in [5.74, 6) is 0.813. The zero-order valence-electron chi connectivity index (χ0n) is 19.9. The number of rotatable bonds is 4. The van der Waals surface area contributed by atoms with Crippen LogP contribution in [0.15, 0.2) is 42.6 Å². The smallest absolute Gasteiger partial charge is 0.272 e. The predicted molar refractivity (Wildman–Crippen MR) is 128 cm³/mol. The lowest BCUT2D eigenvalue weighted by Gasteiger charge is -2.42. The van der Waals surface area contributed by atoms with Crippen LogP contribution in [0.2, 0.25) is 0 Å². The van der Waals surface area contributed by atoms with Gasteiger partial charge in [-0.15, -0.1) is 0 Å². The molecule has 6 nitrogen and oxygen atoms in total. The van der Waals surface area contributed by atoms with Gasteiger partial charge in [-0.1, -0.05) is 26.0 Å². The highest BCUT2D eigenvalue weighted by molar-refractivity contribution is 5.93. The molecule has 1 fully saturated rings. The highest BCUT2D eigenvalue weighted by Crippen LogP contribution is 2.46. The van der Waals surface area contributed by atoms with Crippen molar-refractivity contribution < 1.29 is 14.6 Å². The third-order valence-corrected chi connectivity index (χ3v) is 6.17. The first-order valence-corrected chi connectivity index (χ1v) is 11.6. The van der Waals surface area contributed by atoms with E-state index in [0.29, 0.717) is 30.1 Å². The number of piperidine rings is 1. The highest BCUT2D eigenvalue weighted by Gasteiger charge is 2.39. The number of aromatic hydroxyl groups is 1. The quantitative estimate of drug-likeness (QED) is 0.758. The van der Waals surface area contributed by atoms with E-state index in [1.54, 1.807) is 23.2 Å². The van der Waals surface area contributed by atoms with Gasteiger partial charge in [0.05, 0.1) is 5.56 Å². The molecular weight excluding hydrogens is 402 g/mol. The fourth-order valence-corrected chi connectivity index (χ4v) is 4.28. The zero-order valence-corrected chi connectivity index (χ0v) is 19.9. The fraction of sp³-hybridized carbons (Fsp3) is 0.462. The van der Waals surface area contributed by atoms with Crippen LogP contribution < -0.4 is 4.74 Å². The minimum Gasteiger partial charge on any atom is -0.507 e. The largest absolute Gasteiger partial charge is 0.507 e. The third kappa shape index (κ3) is 4.65. The molecule has 1 aromatic carbocycles. The number of benzene rings is 1. The van der Waals surface area contributed by atoms with E-state index in [9.17, 15) is 9.90 Å². The number of hydrogen-bond donors (Lipinski definition) is 1. The molecule has 3 heterocycles. The van der Waals surface area contributed by atoms with Crippen molar-refractivity contribution in [2.75, 3.05) is 33.2 Å². The maximum absolute atomic E-state index is 12.6. The summed E-state index contributed by atoms with van der Waals surface area (Å²) in [5, 5.41) is 10.6. The number of nitrogens with zero attached hydrogens (tertiary/aromatic N) is 3. The number of phenols is 1. The van der Waals surface area contributed by atoms with E-state index < -0.39 is 5.60 Å². The Morgan fingerprint density at radius 3 is 2.44 bits per heavy atom. The molecule has 32 heavy (non-hydrogen) atoms. The molecule has 4 rings (SSSR count). The Balaban J connectivity index is 0.00000141. The molecule has 172 valence electrons. The Labute approximate surface area is 191 Å². The number of ether oxygens (including phenoxy) is 1. The van der Waals surface area contributed by atoms with Gasteiger partial charge >= 0.3 is 0 Å². The Morgan fingerprint density at radius 2 is 1.84 bits per heavy atom. The van der Waals surface area contributed by atoms with Crippen molar-refractivity contribution >= 4 is 11.5 Å². The van der Waals surface area contributed by atoms with Gasteiger partial charge in [-0.05, 0) is 50.7 Å². The second-order valence-corrected chi connectivity index (χ2v) is 8.09. The first kappa shape index (κ1) is 23.8. The number of carbonyl (C=O) groups excluding carboxylic acids is 1. The van der Waals surface area contributed by atoms with E-state index in [1.165, 1.54) is 0 Å². The molecule has 1 amide bonds. The molecule has 6 heteroatoms. The van der Waals surface area contributed by atoms with E-state index >= 15 is 0 Å². The van der Waals surface area contributed by atoms with Crippen LogP contribution in [0.25, 0.3) is 5.57 Å². The highest BCUT2D eigenvalue weighted by atomic mass is 16.5. The number of pyridine rings is 1. The summed E-state index contributed by atoms with van der Waals surface area (Å²) in [6.45, 7) is 11.1. The summed E-state index contributed by atoms with van der Waals surface area (Å²) in [6.07, 6.45) is 5.64. The van der Waals surface area contributed by atoms with Gasteiger partial charge in [-0.25, -0.2) is 0 Å². The molecule has 0 radical (unpaired) electrons. The fourth-order valence-electron chi connectivity index (χ4n) is 4.28. The molecular formula is C26H35N3O3. The lowest BCUT2D eigenvalue weighted by atomic mass is 9.83. The molecule has 2 aromatic rings. The molecule has 1 spiro atoms. The van der Waals surface area contributed by atoms with Gasteiger partial charge in [0.25, 0.3) is 5.91 Å². The number of fused-ring (bicyclic) bond motifs is 1. The summed E-state index contributed by atoms with van der Waals surface area (Å²) in [7, 11) is 2.12. The van der Waals surface area contributed by atoms with E-state index in [1.807, 2.05) is 45.9 Å². The monoisotopic (exact) mass is 437 g/mol. The first-order chi connectivity index (χ1) is 15.5. The van der Waals surface area contributed by atoms with Gasteiger partial charge in [0.1, 0.15) is 22.8 Å². The second-order valence-electron chi connectivity index (χ2n) is 8.09. The minimum absolute atomic E-state index is 0.0671. The molecule has 2 aliphatic rings. The molecule has 0 atom stereocenters. The Morgan fingerprint density at radius 1 is 1.16 bits per heavy atom. The summed E-state index contributed by atoms with van der Waals surface area (Å²) >= 11 is 0. The standard InChI is InChI=1S/C24H29N3O3.C2H6/c1-4-27(5-2)23(29)19-10-9-17(16-25-19)18-15-24(11-13-26(3)14-12-24)30-21-8-6-7-20(28)22(18)21;1-2/h6-10,15-16,28H,4-5,11-14H2,1-3H3;1-2H3. The van der Waals surface area contributed by atoms with Crippen molar-refractivity contribution in [1.82, 2.24) is 14.8 Å². The van der Waals surface area contributed by atoms with Crippen LogP contribution >= 0.6 is 0 Å².